The van der Waals surface area contributed by atoms with E-state index in [1.807, 2.05) is 13.0 Å². The minimum Gasteiger partial charge on any atom is -0.478 e. The Bertz CT molecular complexity index is 1060. The van der Waals surface area contributed by atoms with Crippen molar-refractivity contribution in [2.24, 2.45) is 0 Å². The molecule has 0 radical (unpaired) electrons. The summed E-state index contributed by atoms with van der Waals surface area (Å²) in [5.41, 5.74) is 1.96. The summed E-state index contributed by atoms with van der Waals surface area (Å²) in [6.45, 7) is 1.92. The molecular formula is C17H13Cl2N5O3S. The van der Waals surface area contributed by atoms with E-state index >= 15 is 0 Å². The van der Waals surface area contributed by atoms with Gasteiger partial charge in [0.05, 0.1) is 32.7 Å². The van der Waals surface area contributed by atoms with Gasteiger partial charge in [0.15, 0.2) is 0 Å². The van der Waals surface area contributed by atoms with Gasteiger partial charge in [0.25, 0.3) is 0 Å². The van der Waals surface area contributed by atoms with Crippen LogP contribution < -0.4 is 5.32 Å². The lowest BCUT2D eigenvalue weighted by Crippen LogP contribution is -2.15. The van der Waals surface area contributed by atoms with Gasteiger partial charge in [-0.25, -0.2) is 4.79 Å². The van der Waals surface area contributed by atoms with Gasteiger partial charge in [-0.2, -0.15) is 4.68 Å². The second kappa shape index (κ2) is 8.59. The molecule has 144 valence electrons. The van der Waals surface area contributed by atoms with E-state index in [2.05, 4.69) is 20.8 Å². The molecule has 1 heterocycles. The average Bonchev–Trinajstić information content (AvgIpc) is 3.10. The Morgan fingerprint density at radius 1 is 1.18 bits per heavy atom. The van der Waals surface area contributed by atoms with Crippen LogP contribution in [-0.2, 0) is 4.79 Å². The fourth-order valence-corrected chi connectivity index (χ4v) is 3.50. The number of benzene rings is 2. The van der Waals surface area contributed by atoms with Crippen LogP contribution in [0.2, 0.25) is 10.0 Å². The van der Waals surface area contributed by atoms with Gasteiger partial charge in [-0.05, 0) is 53.2 Å². The van der Waals surface area contributed by atoms with Crippen LogP contribution in [0.1, 0.15) is 15.9 Å². The van der Waals surface area contributed by atoms with Crippen LogP contribution in [0, 0.1) is 6.92 Å². The number of hydrogen-bond donors (Lipinski definition) is 2. The summed E-state index contributed by atoms with van der Waals surface area (Å²) in [6, 6.07) is 9.53. The number of nitrogens with one attached hydrogen (secondary N) is 1. The van der Waals surface area contributed by atoms with Crippen molar-refractivity contribution in [1.29, 1.82) is 0 Å². The summed E-state index contributed by atoms with van der Waals surface area (Å²) in [6.07, 6.45) is 0. The fraction of sp³-hybridized carbons (Fsp3) is 0.118. The number of thioether (sulfide) groups is 1. The van der Waals surface area contributed by atoms with Gasteiger partial charge in [0.1, 0.15) is 0 Å². The third-order valence-corrected chi connectivity index (χ3v) is 5.13. The summed E-state index contributed by atoms with van der Waals surface area (Å²) in [4.78, 5) is 23.2. The first-order valence-corrected chi connectivity index (χ1v) is 9.59. The third kappa shape index (κ3) is 4.61. The summed E-state index contributed by atoms with van der Waals surface area (Å²) < 4.78 is 1.45. The van der Waals surface area contributed by atoms with Gasteiger partial charge >= 0.3 is 5.97 Å². The number of carbonyl (C=O) groups excluding carboxylic acids is 1. The van der Waals surface area contributed by atoms with Crippen molar-refractivity contribution >= 4 is 52.5 Å². The maximum atomic E-state index is 12.2. The molecule has 0 aliphatic carbocycles. The number of nitrogens with zero attached hydrogens (tertiary/aromatic N) is 4. The van der Waals surface area contributed by atoms with Crippen LogP contribution >= 0.6 is 35.0 Å². The molecule has 2 N–H and O–H groups in total. The summed E-state index contributed by atoms with van der Waals surface area (Å²) >= 11 is 13.4. The number of halogens is 2. The molecule has 1 aromatic heterocycles. The minimum atomic E-state index is -1.10. The Labute approximate surface area is 173 Å². The molecule has 2 aromatic carbocycles. The van der Waals surface area contributed by atoms with E-state index < -0.39 is 5.97 Å². The Balaban J connectivity index is 1.68. The molecule has 0 aliphatic rings. The highest BCUT2D eigenvalue weighted by atomic mass is 35.5. The topological polar surface area (TPSA) is 110 Å². The van der Waals surface area contributed by atoms with E-state index in [0.717, 1.165) is 17.3 Å². The van der Waals surface area contributed by atoms with E-state index in [0.29, 0.717) is 21.6 Å². The lowest BCUT2D eigenvalue weighted by Gasteiger charge is -2.09. The summed E-state index contributed by atoms with van der Waals surface area (Å²) in [5, 5.41) is 24.1. The number of carbonyl (C=O) groups is 2. The zero-order valence-electron chi connectivity index (χ0n) is 14.4. The highest BCUT2D eigenvalue weighted by molar-refractivity contribution is 7.99. The van der Waals surface area contributed by atoms with E-state index in [1.165, 1.54) is 22.9 Å². The smallest absolute Gasteiger partial charge is 0.335 e. The van der Waals surface area contributed by atoms with E-state index in [1.54, 1.807) is 12.1 Å². The van der Waals surface area contributed by atoms with E-state index in [9.17, 15) is 9.59 Å². The van der Waals surface area contributed by atoms with Crippen molar-refractivity contribution in [3.05, 3.63) is 57.6 Å². The van der Waals surface area contributed by atoms with Gasteiger partial charge < -0.3 is 10.4 Å². The second-order valence-corrected chi connectivity index (χ2v) is 7.42. The molecule has 0 fully saturated rings. The van der Waals surface area contributed by atoms with Crippen molar-refractivity contribution in [3.63, 3.8) is 0 Å². The predicted octanol–water partition coefficient (Wildman–Crippen LogP) is 3.71. The van der Waals surface area contributed by atoms with Crippen molar-refractivity contribution in [2.75, 3.05) is 11.1 Å². The van der Waals surface area contributed by atoms with Crippen LogP contribution in [0.5, 0.6) is 0 Å². The van der Waals surface area contributed by atoms with Gasteiger partial charge in [0, 0.05) is 0 Å². The molecular weight excluding hydrogens is 425 g/mol. The number of carboxylic acids is 1. The molecule has 3 aromatic rings. The van der Waals surface area contributed by atoms with Gasteiger partial charge in [0.2, 0.25) is 11.1 Å². The molecule has 0 saturated carbocycles. The highest BCUT2D eigenvalue weighted by Crippen LogP contribution is 2.26. The molecule has 3 rings (SSSR count). The number of aromatic carboxylic acids is 1. The Kier molecular flexibility index (Phi) is 6.18. The normalized spacial score (nSPS) is 10.7. The minimum absolute atomic E-state index is 0.0147. The van der Waals surface area contributed by atoms with Crippen molar-refractivity contribution in [2.45, 2.75) is 12.1 Å². The molecule has 0 bridgehead atoms. The first-order chi connectivity index (χ1) is 13.3. The number of carboxylic acid groups (broad SMARTS) is 1. The molecule has 0 spiro atoms. The van der Waals surface area contributed by atoms with Gasteiger partial charge in [-0.15, -0.1) is 5.10 Å². The first kappa shape index (κ1) is 20.1. The molecule has 0 aliphatic heterocycles. The number of amides is 1. The Morgan fingerprint density at radius 3 is 2.64 bits per heavy atom. The van der Waals surface area contributed by atoms with Crippen LogP contribution in [0.25, 0.3) is 5.69 Å². The van der Waals surface area contributed by atoms with E-state index in [-0.39, 0.29) is 22.2 Å². The lowest BCUT2D eigenvalue weighted by atomic mass is 10.2. The molecule has 0 atom stereocenters. The standard InChI is InChI=1S/C17H13Cl2N5O3S/c1-9-2-5-14(12(19)6-9)24-17(21-22-23-24)28-8-15(25)20-13-4-3-10(16(26)27)7-11(13)18/h2-7H,8H2,1H3,(H,20,25)(H,26,27). The number of rotatable bonds is 6. The average molecular weight is 438 g/mol. The number of aromatic nitrogens is 4. The van der Waals surface area contributed by atoms with Crippen molar-refractivity contribution in [1.82, 2.24) is 20.2 Å². The molecule has 28 heavy (non-hydrogen) atoms. The monoisotopic (exact) mass is 437 g/mol. The lowest BCUT2D eigenvalue weighted by molar-refractivity contribution is -0.113. The summed E-state index contributed by atoms with van der Waals surface area (Å²) in [7, 11) is 0. The first-order valence-electron chi connectivity index (χ1n) is 7.85. The second-order valence-electron chi connectivity index (χ2n) is 5.66. The van der Waals surface area contributed by atoms with E-state index in [4.69, 9.17) is 28.3 Å². The summed E-state index contributed by atoms with van der Waals surface area (Å²) in [5.74, 6) is -1.43. The fourth-order valence-electron chi connectivity index (χ4n) is 2.27. The number of tetrazole rings is 1. The van der Waals surface area contributed by atoms with Gasteiger partial charge in [-0.3, -0.25) is 4.79 Å². The maximum Gasteiger partial charge on any atom is 0.335 e. The predicted molar refractivity (Wildman–Crippen MR) is 107 cm³/mol. The van der Waals surface area contributed by atoms with Gasteiger partial charge in [-0.1, -0.05) is 41.0 Å². The molecule has 8 nitrogen and oxygen atoms in total. The zero-order chi connectivity index (χ0) is 20.3. The molecule has 0 saturated heterocycles. The largest absolute Gasteiger partial charge is 0.478 e. The number of aryl methyl sites for hydroxylation is 1. The van der Waals surface area contributed by atoms with Crippen LogP contribution in [0.4, 0.5) is 5.69 Å². The zero-order valence-corrected chi connectivity index (χ0v) is 16.7. The van der Waals surface area contributed by atoms with Crippen LogP contribution in [-0.4, -0.2) is 42.9 Å². The molecule has 11 heteroatoms. The third-order valence-electron chi connectivity index (χ3n) is 3.59. The molecule has 1 amide bonds. The quantitative estimate of drug-likeness (QED) is 0.565. The Hall–Kier alpha value is -2.62. The van der Waals surface area contributed by atoms with Crippen molar-refractivity contribution < 1.29 is 14.7 Å². The van der Waals surface area contributed by atoms with Crippen LogP contribution in [0.15, 0.2) is 41.6 Å². The number of hydrogen-bond acceptors (Lipinski definition) is 6. The van der Waals surface area contributed by atoms with Crippen LogP contribution in [0.3, 0.4) is 0 Å². The van der Waals surface area contributed by atoms with Crippen molar-refractivity contribution in [3.8, 4) is 5.69 Å². The number of anilines is 1. The maximum absolute atomic E-state index is 12.2. The Morgan fingerprint density at radius 2 is 1.96 bits per heavy atom. The highest BCUT2D eigenvalue weighted by Gasteiger charge is 2.15. The molecule has 0 unspecified atom stereocenters. The SMILES string of the molecule is Cc1ccc(-n2nnnc2SCC(=O)Nc2ccc(C(=O)O)cc2Cl)c(Cl)c1.